The smallest absolute Gasteiger partial charge is 0.412 e. The van der Waals surface area contributed by atoms with Crippen LogP contribution in [0.2, 0.25) is 5.02 Å². The number of aromatic nitrogens is 1. The molecule has 0 fully saturated rings. The molecule has 10 heteroatoms. The predicted octanol–water partition coefficient (Wildman–Crippen LogP) is 4.01. The molecule has 35 heavy (non-hydrogen) atoms. The number of hydrogen-bond acceptors (Lipinski definition) is 6. The van der Waals surface area contributed by atoms with E-state index in [-0.39, 0.29) is 31.3 Å². The van der Waals surface area contributed by atoms with E-state index in [2.05, 4.69) is 20.9 Å². The molecule has 0 saturated heterocycles. The highest BCUT2D eigenvalue weighted by Crippen LogP contribution is 2.18. The number of ether oxygens (including phenoxy) is 1. The fourth-order valence-corrected chi connectivity index (χ4v) is 3.69. The van der Waals surface area contributed by atoms with Gasteiger partial charge in [0.2, 0.25) is 5.91 Å². The molecular weight excluding hydrogens is 475 g/mol. The van der Waals surface area contributed by atoms with Crippen molar-refractivity contribution in [1.29, 1.82) is 0 Å². The van der Waals surface area contributed by atoms with Crippen LogP contribution in [0, 0.1) is 5.82 Å². The van der Waals surface area contributed by atoms with Crippen molar-refractivity contribution < 1.29 is 23.8 Å². The lowest BCUT2D eigenvalue weighted by molar-refractivity contribution is -0.121. The van der Waals surface area contributed by atoms with E-state index in [4.69, 9.17) is 16.3 Å². The van der Waals surface area contributed by atoms with Crippen LogP contribution in [0.15, 0.2) is 54.7 Å². The van der Waals surface area contributed by atoms with Crippen molar-refractivity contribution in [3.63, 3.8) is 0 Å². The zero-order chi connectivity index (χ0) is 25.4. The summed E-state index contributed by atoms with van der Waals surface area (Å²) in [6, 6.07) is 12.5. The topological polar surface area (TPSA) is 113 Å². The molecule has 0 aliphatic heterocycles. The molecule has 3 aromatic rings. The first kappa shape index (κ1) is 26.3. The molecule has 2 amide bonds. The molecule has 0 unspecified atom stereocenters. The van der Waals surface area contributed by atoms with Crippen molar-refractivity contribution in [2.45, 2.75) is 38.5 Å². The van der Waals surface area contributed by atoms with Crippen LogP contribution >= 0.6 is 11.6 Å². The first-order valence-electron chi connectivity index (χ1n) is 11.0. The maximum Gasteiger partial charge on any atom is 0.412 e. The van der Waals surface area contributed by atoms with Crippen LogP contribution in [0.1, 0.15) is 25.8 Å². The van der Waals surface area contributed by atoms with Crippen LogP contribution in [0.5, 0.6) is 0 Å². The number of halogens is 2. The van der Waals surface area contributed by atoms with Crippen LogP contribution in [-0.2, 0) is 16.1 Å². The van der Waals surface area contributed by atoms with E-state index in [0.717, 1.165) is 10.9 Å². The molecule has 0 aliphatic rings. The summed E-state index contributed by atoms with van der Waals surface area (Å²) in [5.74, 6) is -0.530. The highest BCUT2D eigenvalue weighted by molar-refractivity contribution is 6.31. The number of anilines is 1. The van der Waals surface area contributed by atoms with Gasteiger partial charge in [-0.15, -0.1) is 0 Å². The number of amides is 2. The highest BCUT2D eigenvalue weighted by atomic mass is 35.5. The molecule has 0 spiro atoms. The lowest BCUT2D eigenvalue weighted by atomic mass is 9.99. The molecule has 1 atom stereocenters. The van der Waals surface area contributed by atoms with Gasteiger partial charge in [-0.25, -0.2) is 14.2 Å². The standard InChI is InChI=1S/C25H28ClFN4O4/c1-25(2,34)11-20(30-23(32)14-28-12-17-5-3-4-6-21(17)26)15-35-24(33)31-22-10-18-9-19(27)8-7-16(18)13-29-22/h3-10,13,20,28,34H,11-12,14-15H2,1-2H3,(H,30,32)(H,29,31,33)/t20-/m0/s1. The second kappa shape index (κ2) is 11.9. The Balaban J connectivity index is 1.52. The second-order valence-electron chi connectivity index (χ2n) is 8.76. The van der Waals surface area contributed by atoms with E-state index in [1.807, 2.05) is 18.2 Å². The molecule has 186 valence electrons. The Labute approximate surface area is 207 Å². The normalized spacial score (nSPS) is 12.3. The van der Waals surface area contributed by atoms with Gasteiger partial charge in [0.15, 0.2) is 0 Å². The van der Waals surface area contributed by atoms with Crippen molar-refractivity contribution in [2.75, 3.05) is 18.5 Å². The van der Waals surface area contributed by atoms with Gasteiger partial charge >= 0.3 is 6.09 Å². The van der Waals surface area contributed by atoms with E-state index in [0.29, 0.717) is 17.0 Å². The summed E-state index contributed by atoms with van der Waals surface area (Å²) in [6.07, 6.45) is 0.876. The predicted molar refractivity (Wildman–Crippen MR) is 133 cm³/mol. The second-order valence-corrected chi connectivity index (χ2v) is 9.17. The first-order valence-corrected chi connectivity index (χ1v) is 11.4. The summed E-state index contributed by atoms with van der Waals surface area (Å²) < 4.78 is 18.7. The first-order chi connectivity index (χ1) is 16.6. The van der Waals surface area contributed by atoms with Gasteiger partial charge in [0.05, 0.1) is 18.2 Å². The summed E-state index contributed by atoms with van der Waals surface area (Å²) in [7, 11) is 0. The van der Waals surface area contributed by atoms with Gasteiger partial charge in [-0.2, -0.15) is 0 Å². The lowest BCUT2D eigenvalue weighted by Crippen LogP contribution is -2.46. The molecule has 3 rings (SSSR count). The molecule has 2 aromatic carbocycles. The Morgan fingerprint density at radius 2 is 1.94 bits per heavy atom. The van der Waals surface area contributed by atoms with Crippen molar-refractivity contribution in [3.05, 3.63) is 71.1 Å². The fourth-order valence-electron chi connectivity index (χ4n) is 3.48. The minimum atomic E-state index is -1.10. The van der Waals surface area contributed by atoms with E-state index in [9.17, 15) is 19.1 Å². The van der Waals surface area contributed by atoms with Crippen LogP contribution < -0.4 is 16.0 Å². The van der Waals surface area contributed by atoms with Crippen molar-refractivity contribution in [1.82, 2.24) is 15.6 Å². The number of rotatable bonds is 10. The maximum atomic E-state index is 13.5. The third-order valence-electron chi connectivity index (χ3n) is 5.00. The maximum absolute atomic E-state index is 13.5. The zero-order valence-corrected chi connectivity index (χ0v) is 20.2. The molecule has 0 aliphatic carbocycles. The number of benzene rings is 2. The van der Waals surface area contributed by atoms with Crippen molar-refractivity contribution >= 4 is 40.2 Å². The average molecular weight is 503 g/mol. The van der Waals surface area contributed by atoms with Gasteiger partial charge < -0.3 is 20.5 Å². The van der Waals surface area contributed by atoms with E-state index in [1.54, 1.807) is 26.0 Å². The van der Waals surface area contributed by atoms with Gasteiger partial charge in [0.25, 0.3) is 0 Å². The number of nitrogens with one attached hydrogen (secondary N) is 3. The van der Waals surface area contributed by atoms with Crippen LogP contribution in [0.4, 0.5) is 15.0 Å². The number of pyridine rings is 1. The summed E-state index contributed by atoms with van der Waals surface area (Å²) in [5, 5.41) is 20.4. The number of carbonyl (C=O) groups is 2. The minimum Gasteiger partial charge on any atom is -0.447 e. The lowest BCUT2D eigenvalue weighted by Gasteiger charge is -2.25. The summed E-state index contributed by atoms with van der Waals surface area (Å²) in [5.41, 5.74) is -0.243. The third-order valence-corrected chi connectivity index (χ3v) is 5.37. The van der Waals surface area contributed by atoms with E-state index in [1.165, 1.54) is 24.4 Å². The largest absolute Gasteiger partial charge is 0.447 e. The van der Waals surface area contributed by atoms with Crippen LogP contribution in [-0.4, -0.2) is 46.9 Å². The van der Waals surface area contributed by atoms with Crippen LogP contribution in [0.3, 0.4) is 0 Å². The molecule has 0 radical (unpaired) electrons. The molecule has 1 heterocycles. The highest BCUT2D eigenvalue weighted by Gasteiger charge is 2.23. The Morgan fingerprint density at radius 1 is 1.17 bits per heavy atom. The van der Waals surface area contributed by atoms with Crippen LogP contribution in [0.25, 0.3) is 10.8 Å². The molecular formula is C25H28ClFN4O4. The summed E-state index contributed by atoms with van der Waals surface area (Å²) >= 11 is 6.12. The Bertz CT molecular complexity index is 1190. The third kappa shape index (κ3) is 8.79. The minimum absolute atomic E-state index is 0.0113. The van der Waals surface area contributed by atoms with Gasteiger partial charge in [0, 0.05) is 23.2 Å². The SMILES string of the molecule is CC(C)(O)C[C@@H](COC(=O)Nc1cc2cc(F)ccc2cn1)NC(=O)CNCc1ccccc1Cl. The quantitative estimate of drug-likeness (QED) is 0.333. The molecule has 0 bridgehead atoms. The van der Waals surface area contributed by atoms with E-state index >= 15 is 0 Å². The molecule has 0 saturated carbocycles. The average Bonchev–Trinajstić information content (AvgIpc) is 2.77. The van der Waals surface area contributed by atoms with Gasteiger partial charge in [0.1, 0.15) is 18.2 Å². The van der Waals surface area contributed by atoms with Gasteiger partial charge in [-0.05, 0) is 61.5 Å². The van der Waals surface area contributed by atoms with Crippen molar-refractivity contribution in [3.8, 4) is 0 Å². The number of carbonyl (C=O) groups excluding carboxylic acids is 2. The Hall–Kier alpha value is -3.27. The number of hydrogen-bond donors (Lipinski definition) is 4. The molecule has 4 N–H and O–H groups in total. The van der Waals surface area contributed by atoms with Gasteiger partial charge in [-0.1, -0.05) is 29.8 Å². The Morgan fingerprint density at radius 3 is 2.69 bits per heavy atom. The molecule has 1 aromatic heterocycles. The monoisotopic (exact) mass is 502 g/mol. The van der Waals surface area contributed by atoms with E-state index < -0.39 is 23.6 Å². The summed E-state index contributed by atoms with van der Waals surface area (Å²) in [6.45, 7) is 3.44. The number of aliphatic hydroxyl groups is 1. The number of fused-ring (bicyclic) bond motifs is 1. The zero-order valence-electron chi connectivity index (χ0n) is 19.5. The summed E-state index contributed by atoms with van der Waals surface area (Å²) in [4.78, 5) is 28.8. The molecule has 8 nitrogen and oxygen atoms in total. The van der Waals surface area contributed by atoms with Crippen molar-refractivity contribution in [2.24, 2.45) is 0 Å². The fraction of sp³-hybridized carbons (Fsp3) is 0.320. The Kier molecular flexibility index (Phi) is 8.97. The number of nitrogens with zero attached hydrogens (tertiary/aromatic N) is 1. The van der Waals surface area contributed by atoms with Gasteiger partial charge in [-0.3, -0.25) is 10.1 Å².